The number of carbonyl (C=O) groups is 1. The van der Waals surface area contributed by atoms with Gasteiger partial charge in [0.05, 0.1) is 0 Å². The van der Waals surface area contributed by atoms with Crippen LogP contribution in [0.2, 0.25) is 0 Å². The summed E-state index contributed by atoms with van der Waals surface area (Å²) in [6, 6.07) is 3.26. The summed E-state index contributed by atoms with van der Waals surface area (Å²) in [6.07, 6.45) is 4.24. The number of carboxylic acid groups (broad SMARTS) is 1. The zero-order valence-corrected chi connectivity index (χ0v) is 9.15. The van der Waals surface area contributed by atoms with Gasteiger partial charge in [-0.1, -0.05) is 0 Å². The number of thiol groups is 1. The lowest BCUT2D eigenvalue weighted by Crippen LogP contribution is -2.39. The van der Waals surface area contributed by atoms with E-state index in [9.17, 15) is 4.79 Å². The van der Waals surface area contributed by atoms with Gasteiger partial charge in [-0.25, -0.2) is 0 Å². The maximum absolute atomic E-state index is 10.7. The number of rotatable bonds is 6. The van der Waals surface area contributed by atoms with Crippen LogP contribution in [0, 0.1) is 0 Å². The van der Waals surface area contributed by atoms with E-state index >= 15 is 0 Å². The maximum atomic E-state index is 10.7. The number of aliphatic carboxylic acids is 1. The van der Waals surface area contributed by atoms with Gasteiger partial charge in [0.25, 0.3) is 0 Å². The Morgan fingerprint density at radius 2 is 2.20 bits per heavy atom. The molecule has 1 heterocycles. The summed E-state index contributed by atoms with van der Waals surface area (Å²) in [6.45, 7) is 0.627. The topological polar surface area (TPSA) is 62.2 Å². The van der Waals surface area contributed by atoms with Gasteiger partial charge >= 0.3 is 5.97 Å². The molecule has 15 heavy (non-hydrogen) atoms. The molecular formula is C10H14N2O2S. The van der Waals surface area contributed by atoms with E-state index in [0.717, 1.165) is 12.0 Å². The smallest absolute Gasteiger partial charge is 0.321 e. The Balaban J connectivity index is 2.30. The summed E-state index contributed by atoms with van der Waals surface area (Å²) in [5.41, 5.74) is 1.14. The van der Waals surface area contributed by atoms with Crippen LogP contribution < -0.4 is 5.32 Å². The average molecular weight is 226 g/mol. The first-order chi connectivity index (χ1) is 7.24. The quantitative estimate of drug-likeness (QED) is 0.622. The third kappa shape index (κ3) is 4.31. The molecule has 0 fully saturated rings. The molecule has 4 nitrogen and oxygen atoms in total. The molecule has 0 saturated heterocycles. The Morgan fingerprint density at radius 3 is 2.73 bits per heavy atom. The molecular weight excluding hydrogens is 212 g/mol. The first kappa shape index (κ1) is 12.0. The minimum Gasteiger partial charge on any atom is -0.480 e. The van der Waals surface area contributed by atoms with Crippen LogP contribution in [-0.4, -0.2) is 34.4 Å². The summed E-state index contributed by atoms with van der Waals surface area (Å²) in [7, 11) is 0. The van der Waals surface area contributed by atoms with E-state index in [4.69, 9.17) is 5.11 Å². The third-order valence-electron chi connectivity index (χ3n) is 2.03. The number of hydrogen-bond acceptors (Lipinski definition) is 4. The second-order valence-corrected chi connectivity index (χ2v) is 3.50. The highest BCUT2D eigenvalue weighted by Gasteiger charge is 2.13. The summed E-state index contributed by atoms with van der Waals surface area (Å²) in [5, 5.41) is 11.7. The van der Waals surface area contributed by atoms with E-state index in [1.54, 1.807) is 12.4 Å². The van der Waals surface area contributed by atoms with E-state index in [-0.39, 0.29) is 0 Å². The molecule has 0 aliphatic heterocycles. The predicted octanol–water partition coefficient (Wildman–Crippen LogP) is 0.597. The zero-order chi connectivity index (χ0) is 11.1. The van der Waals surface area contributed by atoms with Crippen molar-refractivity contribution in [1.82, 2.24) is 10.3 Å². The molecule has 0 amide bonds. The summed E-state index contributed by atoms with van der Waals surface area (Å²) in [4.78, 5) is 14.6. The van der Waals surface area contributed by atoms with Crippen molar-refractivity contribution in [3.63, 3.8) is 0 Å². The molecule has 1 aromatic rings. The molecule has 1 atom stereocenters. The van der Waals surface area contributed by atoms with Crippen molar-refractivity contribution in [2.45, 2.75) is 12.5 Å². The molecule has 0 radical (unpaired) electrons. The SMILES string of the molecule is O=C(O)C(CS)NCCc1ccncc1. The molecule has 0 bridgehead atoms. The van der Waals surface area contributed by atoms with Gasteiger partial charge in [-0.15, -0.1) is 0 Å². The minimum atomic E-state index is -0.861. The molecule has 2 N–H and O–H groups in total. The number of hydrogen-bond donors (Lipinski definition) is 3. The second kappa shape index (κ2) is 6.42. The van der Waals surface area contributed by atoms with Crippen molar-refractivity contribution >= 4 is 18.6 Å². The summed E-state index contributed by atoms with van der Waals surface area (Å²) >= 11 is 3.96. The highest BCUT2D eigenvalue weighted by atomic mass is 32.1. The molecule has 5 heteroatoms. The maximum Gasteiger partial charge on any atom is 0.321 e. The van der Waals surface area contributed by atoms with Crippen molar-refractivity contribution in [2.24, 2.45) is 0 Å². The predicted molar refractivity (Wildman–Crippen MR) is 61.2 cm³/mol. The second-order valence-electron chi connectivity index (χ2n) is 3.13. The average Bonchev–Trinajstić information content (AvgIpc) is 2.25. The van der Waals surface area contributed by atoms with Crippen LogP contribution in [0.1, 0.15) is 5.56 Å². The molecule has 82 valence electrons. The monoisotopic (exact) mass is 226 g/mol. The Bertz CT molecular complexity index is 306. The zero-order valence-electron chi connectivity index (χ0n) is 8.26. The molecule has 1 rings (SSSR count). The van der Waals surface area contributed by atoms with Gasteiger partial charge in [-0.3, -0.25) is 9.78 Å². The molecule has 0 spiro atoms. The van der Waals surface area contributed by atoms with Crippen molar-refractivity contribution in [1.29, 1.82) is 0 Å². The fourth-order valence-corrected chi connectivity index (χ4v) is 1.46. The molecule has 0 aliphatic carbocycles. The third-order valence-corrected chi connectivity index (χ3v) is 2.40. The van der Waals surface area contributed by atoms with Crippen LogP contribution in [0.15, 0.2) is 24.5 Å². The molecule has 1 unspecified atom stereocenters. The van der Waals surface area contributed by atoms with E-state index in [1.807, 2.05) is 12.1 Å². The lowest BCUT2D eigenvalue weighted by molar-refractivity contribution is -0.138. The molecule has 1 aromatic heterocycles. The van der Waals surface area contributed by atoms with Crippen molar-refractivity contribution < 1.29 is 9.90 Å². The van der Waals surface area contributed by atoms with E-state index in [2.05, 4.69) is 22.9 Å². The number of aromatic nitrogens is 1. The Hall–Kier alpha value is -1.07. The van der Waals surface area contributed by atoms with Crippen molar-refractivity contribution in [2.75, 3.05) is 12.3 Å². The summed E-state index contributed by atoms with van der Waals surface area (Å²) in [5.74, 6) is -0.564. The van der Waals surface area contributed by atoms with Crippen LogP contribution >= 0.6 is 12.6 Å². The van der Waals surface area contributed by atoms with Crippen LogP contribution in [0.25, 0.3) is 0 Å². The Kier molecular flexibility index (Phi) is 5.14. The fourth-order valence-electron chi connectivity index (χ4n) is 1.17. The van der Waals surface area contributed by atoms with E-state index in [0.29, 0.717) is 12.3 Å². The lowest BCUT2D eigenvalue weighted by atomic mass is 10.2. The van der Waals surface area contributed by atoms with Gasteiger partial charge in [0.2, 0.25) is 0 Å². The van der Waals surface area contributed by atoms with Crippen LogP contribution in [0.5, 0.6) is 0 Å². The highest BCUT2D eigenvalue weighted by molar-refractivity contribution is 7.80. The highest BCUT2D eigenvalue weighted by Crippen LogP contribution is 1.97. The first-order valence-corrected chi connectivity index (χ1v) is 5.33. The van der Waals surface area contributed by atoms with E-state index < -0.39 is 12.0 Å². The number of nitrogens with zero attached hydrogens (tertiary/aromatic N) is 1. The van der Waals surface area contributed by atoms with Crippen molar-refractivity contribution in [3.05, 3.63) is 30.1 Å². The van der Waals surface area contributed by atoms with Gasteiger partial charge in [-0.05, 0) is 30.7 Å². The lowest BCUT2D eigenvalue weighted by Gasteiger charge is -2.11. The fraction of sp³-hybridized carbons (Fsp3) is 0.400. The van der Waals surface area contributed by atoms with Gasteiger partial charge in [0.15, 0.2) is 0 Å². The number of pyridine rings is 1. The van der Waals surface area contributed by atoms with Gasteiger partial charge in [0.1, 0.15) is 6.04 Å². The molecule has 0 saturated carbocycles. The number of nitrogens with one attached hydrogen (secondary N) is 1. The summed E-state index contributed by atoms with van der Waals surface area (Å²) < 4.78 is 0. The largest absolute Gasteiger partial charge is 0.480 e. The standard InChI is InChI=1S/C10H14N2O2S/c13-10(14)9(7-15)12-6-3-8-1-4-11-5-2-8/h1-2,4-5,9,12,15H,3,6-7H2,(H,13,14). The van der Waals surface area contributed by atoms with Crippen molar-refractivity contribution in [3.8, 4) is 0 Å². The van der Waals surface area contributed by atoms with Crippen LogP contribution in [0.3, 0.4) is 0 Å². The van der Waals surface area contributed by atoms with Gasteiger partial charge in [-0.2, -0.15) is 12.6 Å². The van der Waals surface area contributed by atoms with E-state index in [1.165, 1.54) is 0 Å². The van der Waals surface area contributed by atoms with Crippen LogP contribution in [-0.2, 0) is 11.2 Å². The molecule has 0 aliphatic rings. The minimum absolute atomic E-state index is 0.297. The molecule has 0 aromatic carbocycles. The number of carboxylic acids is 1. The van der Waals surface area contributed by atoms with Gasteiger partial charge < -0.3 is 10.4 Å². The van der Waals surface area contributed by atoms with Gasteiger partial charge in [0, 0.05) is 18.1 Å². The first-order valence-electron chi connectivity index (χ1n) is 4.70. The normalized spacial score (nSPS) is 12.3. The van der Waals surface area contributed by atoms with Crippen LogP contribution in [0.4, 0.5) is 0 Å². The Labute approximate surface area is 94.1 Å². The Morgan fingerprint density at radius 1 is 1.53 bits per heavy atom.